The highest BCUT2D eigenvalue weighted by atomic mass is 16.2. The zero-order chi connectivity index (χ0) is 11.3. The minimum absolute atomic E-state index is 0.0312. The molecule has 1 fully saturated rings. The molecule has 0 aromatic rings. The number of hydrogen-bond donors (Lipinski definition) is 1. The first kappa shape index (κ1) is 12.5. The zero-order valence-electron chi connectivity index (χ0n) is 10.1. The van der Waals surface area contributed by atoms with Gasteiger partial charge in [0.2, 0.25) is 5.91 Å². The third-order valence-electron chi connectivity index (χ3n) is 2.99. The molecule has 88 valence electrons. The molecular weight excluding hydrogens is 190 g/mol. The molecule has 1 N–H and O–H groups in total. The normalized spacial score (nSPS) is 19.9. The number of nitrogens with zero attached hydrogens (tertiary/aromatic N) is 2. The van der Waals surface area contributed by atoms with Crippen molar-refractivity contribution < 1.29 is 4.79 Å². The molecule has 1 saturated heterocycles. The van der Waals surface area contributed by atoms with Crippen molar-refractivity contribution in [1.82, 2.24) is 15.1 Å². The minimum atomic E-state index is 0.0312. The van der Waals surface area contributed by atoms with Gasteiger partial charge in [-0.1, -0.05) is 6.92 Å². The zero-order valence-corrected chi connectivity index (χ0v) is 10.1. The lowest BCUT2D eigenvalue weighted by Gasteiger charge is -2.33. The molecule has 1 heterocycles. The summed E-state index contributed by atoms with van der Waals surface area (Å²) in [4.78, 5) is 16.1. The highest BCUT2D eigenvalue weighted by Crippen LogP contribution is 2.04. The monoisotopic (exact) mass is 213 g/mol. The number of carbonyl (C=O) groups excluding carboxylic acids is 1. The summed E-state index contributed by atoms with van der Waals surface area (Å²) >= 11 is 0. The van der Waals surface area contributed by atoms with Crippen LogP contribution < -0.4 is 5.32 Å². The van der Waals surface area contributed by atoms with Gasteiger partial charge in [-0.25, -0.2) is 0 Å². The van der Waals surface area contributed by atoms with Gasteiger partial charge in [-0.05, 0) is 13.3 Å². The molecule has 1 unspecified atom stereocenters. The van der Waals surface area contributed by atoms with E-state index in [0.717, 1.165) is 39.1 Å². The van der Waals surface area contributed by atoms with Gasteiger partial charge < -0.3 is 10.2 Å². The molecule has 15 heavy (non-hydrogen) atoms. The van der Waals surface area contributed by atoms with Gasteiger partial charge in [0.15, 0.2) is 0 Å². The van der Waals surface area contributed by atoms with E-state index in [1.54, 1.807) is 0 Å². The van der Waals surface area contributed by atoms with Crippen molar-refractivity contribution in [2.24, 2.45) is 0 Å². The maximum absolute atomic E-state index is 12.0. The van der Waals surface area contributed by atoms with Crippen molar-refractivity contribution in [3.8, 4) is 0 Å². The molecule has 1 atom stereocenters. The number of nitrogens with one attached hydrogen (secondary N) is 1. The third kappa shape index (κ3) is 3.47. The van der Waals surface area contributed by atoms with E-state index in [2.05, 4.69) is 17.1 Å². The largest absolute Gasteiger partial charge is 0.344 e. The standard InChI is InChI=1S/C11H23N3O/c1-4-7-13(3)11(15)10(2)14-8-5-12-6-9-14/h10,12H,4-9H2,1-3H3. The van der Waals surface area contributed by atoms with Crippen LogP contribution in [0.1, 0.15) is 20.3 Å². The Morgan fingerprint density at radius 3 is 2.60 bits per heavy atom. The molecule has 1 rings (SSSR count). The van der Waals surface area contributed by atoms with Crippen molar-refractivity contribution in [2.75, 3.05) is 39.8 Å². The predicted molar refractivity (Wildman–Crippen MR) is 61.8 cm³/mol. The molecule has 0 aromatic carbocycles. The first-order chi connectivity index (χ1) is 7.16. The number of hydrogen-bond acceptors (Lipinski definition) is 3. The lowest BCUT2D eigenvalue weighted by atomic mass is 10.2. The fraction of sp³-hybridized carbons (Fsp3) is 0.909. The van der Waals surface area contributed by atoms with Crippen LogP contribution in [0.5, 0.6) is 0 Å². The summed E-state index contributed by atoms with van der Waals surface area (Å²) in [7, 11) is 1.89. The van der Waals surface area contributed by atoms with Crippen LogP contribution in [0.3, 0.4) is 0 Å². The molecule has 0 bridgehead atoms. The summed E-state index contributed by atoms with van der Waals surface area (Å²) in [5.74, 6) is 0.249. The molecular formula is C11H23N3O. The van der Waals surface area contributed by atoms with Gasteiger partial charge in [0.05, 0.1) is 6.04 Å². The minimum Gasteiger partial charge on any atom is -0.344 e. The van der Waals surface area contributed by atoms with E-state index < -0.39 is 0 Å². The quantitative estimate of drug-likeness (QED) is 0.722. The molecule has 4 nitrogen and oxygen atoms in total. The Kier molecular flexibility index (Phi) is 5.05. The lowest BCUT2D eigenvalue weighted by molar-refractivity contribution is -0.135. The summed E-state index contributed by atoms with van der Waals surface area (Å²) in [6.07, 6.45) is 1.02. The maximum atomic E-state index is 12.0. The van der Waals surface area contributed by atoms with E-state index >= 15 is 0 Å². The smallest absolute Gasteiger partial charge is 0.239 e. The van der Waals surface area contributed by atoms with Gasteiger partial charge in [-0.2, -0.15) is 0 Å². The van der Waals surface area contributed by atoms with Crippen LogP contribution in [0.15, 0.2) is 0 Å². The average molecular weight is 213 g/mol. The Morgan fingerprint density at radius 1 is 1.47 bits per heavy atom. The average Bonchev–Trinajstić information content (AvgIpc) is 2.28. The van der Waals surface area contributed by atoms with Gasteiger partial charge in [-0.15, -0.1) is 0 Å². The first-order valence-electron chi connectivity index (χ1n) is 5.86. The molecule has 0 aromatic heterocycles. The fourth-order valence-electron chi connectivity index (χ4n) is 1.99. The van der Waals surface area contributed by atoms with E-state index in [0.29, 0.717) is 0 Å². The van der Waals surface area contributed by atoms with Crippen LogP contribution >= 0.6 is 0 Å². The number of likely N-dealkylation sites (N-methyl/N-ethyl adjacent to an activating group) is 1. The second-order valence-corrected chi connectivity index (χ2v) is 4.22. The van der Waals surface area contributed by atoms with E-state index in [9.17, 15) is 4.79 Å². The molecule has 1 aliphatic rings. The maximum Gasteiger partial charge on any atom is 0.239 e. The van der Waals surface area contributed by atoms with Crippen molar-refractivity contribution in [3.05, 3.63) is 0 Å². The second kappa shape index (κ2) is 6.08. The van der Waals surface area contributed by atoms with Crippen LogP contribution in [0.2, 0.25) is 0 Å². The van der Waals surface area contributed by atoms with Crippen LogP contribution in [0.25, 0.3) is 0 Å². The fourth-order valence-corrected chi connectivity index (χ4v) is 1.99. The number of rotatable bonds is 4. The summed E-state index contributed by atoms with van der Waals surface area (Å²) in [6.45, 7) is 8.91. The van der Waals surface area contributed by atoms with Gasteiger partial charge in [-0.3, -0.25) is 9.69 Å². The Balaban J connectivity index is 2.43. The van der Waals surface area contributed by atoms with Crippen molar-refractivity contribution >= 4 is 5.91 Å². The van der Waals surface area contributed by atoms with E-state index in [1.807, 2.05) is 18.9 Å². The molecule has 1 aliphatic heterocycles. The molecule has 0 saturated carbocycles. The molecule has 0 radical (unpaired) electrons. The summed E-state index contributed by atoms with van der Waals surface area (Å²) in [6, 6.07) is 0.0312. The summed E-state index contributed by atoms with van der Waals surface area (Å²) in [5.41, 5.74) is 0. The van der Waals surface area contributed by atoms with E-state index in [4.69, 9.17) is 0 Å². The molecule has 4 heteroatoms. The SMILES string of the molecule is CCCN(C)C(=O)C(C)N1CCNCC1. The Morgan fingerprint density at radius 2 is 2.07 bits per heavy atom. The summed E-state index contributed by atoms with van der Waals surface area (Å²) < 4.78 is 0. The first-order valence-corrected chi connectivity index (χ1v) is 5.86. The van der Waals surface area contributed by atoms with E-state index in [1.165, 1.54) is 0 Å². The predicted octanol–water partition coefficient (Wildman–Crippen LogP) is 0.149. The second-order valence-electron chi connectivity index (χ2n) is 4.22. The van der Waals surface area contributed by atoms with Gasteiger partial charge in [0.1, 0.15) is 0 Å². The molecule has 0 aliphatic carbocycles. The summed E-state index contributed by atoms with van der Waals surface area (Å²) in [5, 5.41) is 3.30. The Bertz CT molecular complexity index is 202. The number of amides is 1. The van der Waals surface area contributed by atoms with Gasteiger partial charge in [0.25, 0.3) is 0 Å². The van der Waals surface area contributed by atoms with Crippen LogP contribution in [0, 0.1) is 0 Å². The van der Waals surface area contributed by atoms with Crippen molar-refractivity contribution in [1.29, 1.82) is 0 Å². The molecule has 0 spiro atoms. The Labute approximate surface area is 92.6 Å². The number of carbonyl (C=O) groups is 1. The van der Waals surface area contributed by atoms with Gasteiger partial charge >= 0.3 is 0 Å². The highest BCUT2D eigenvalue weighted by Gasteiger charge is 2.24. The van der Waals surface area contributed by atoms with Gasteiger partial charge in [0, 0.05) is 39.8 Å². The highest BCUT2D eigenvalue weighted by molar-refractivity contribution is 5.81. The van der Waals surface area contributed by atoms with E-state index in [-0.39, 0.29) is 11.9 Å². The van der Waals surface area contributed by atoms with Crippen LogP contribution in [0.4, 0.5) is 0 Å². The van der Waals surface area contributed by atoms with Crippen LogP contribution in [-0.2, 0) is 4.79 Å². The Hall–Kier alpha value is -0.610. The number of piperazine rings is 1. The van der Waals surface area contributed by atoms with Crippen molar-refractivity contribution in [3.63, 3.8) is 0 Å². The lowest BCUT2D eigenvalue weighted by Crippen LogP contribution is -2.53. The third-order valence-corrected chi connectivity index (χ3v) is 2.99. The van der Waals surface area contributed by atoms with Crippen LogP contribution in [-0.4, -0.2) is 61.5 Å². The topological polar surface area (TPSA) is 35.6 Å². The molecule has 1 amide bonds. The van der Waals surface area contributed by atoms with Crippen molar-refractivity contribution in [2.45, 2.75) is 26.3 Å².